The molecule has 20 heavy (non-hydrogen) atoms. The van der Waals surface area contributed by atoms with Crippen LogP contribution in [0.25, 0.3) is 0 Å². The fourth-order valence-electron chi connectivity index (χ4n) is 2.68. The molecule has 1 aromatic rings. The van der Waals surface area contributed by atoms with Crippen LogP contribution >= 0.6 is 12.2 Å². The van der Waals surface area contributed by atoms with Crippen molar-refractivity contribution in [2.24, 2.45) is 11.7 Å². The van der Waals surface area contributed by atoms with Gasteiger partial charge in [0, 0.05) is 45.5 Å². The normalized spacial score (nSPS) is 17.6. The van der Waals surface area contributed by atoms with Crippen molar-refractivity contribution in [1.29, 1.82) is 0 Å². The van der Waals surface area contributed by atoms with E-state index in [9.17, 15) is 0 Å². The Kier molecular flexibility index (Phi) is 5.46. The van der Waals surface area contributed by atoms with Crippen LogP contribution in [0.2, 0.25) is 0 Å². The second kappa shape index (κ2) is 7.11. The summed E-state index contributed by atoms with van der Waals surface area (Å²) in [5.41, 5.74) is 7.65. The van der Waals surface area contributed by atoms with Gasteiger partial charge in [-0.15, -0.1) is 0 Å². The van der Waals surface area contributed by atoms with Crippen LogP contribution in [0.5, 0.6) is 0 Å². The van der Waals surface area contributed by atoms with E-state index in [4.69, 9.17) is 18.0 Å². The summed E-state index contributed by atoms with van der Waals surface area (Å²) >= 11 is 5.07. The highest BCUT2D eigenvalue weighted by Gasteiger charge is 2.18. The lowest BCUT2D eigenvalue weighted by molar-refractivity contribution is 0.117. The van der Waals surface area contributed by atoms with E-state index >= 15 is 0 Å². The van der Waals surface area contributed by atoms with Crippen LogP contribution in [0.4, 0.5) is 0 Å². The van der Waals surface area contributed by atoms with Gasteiger partial charge in [-0.25, -0.2) is 0 Å². The molecule has 0 spiro atoms. The summed E-state index contributed by atoms with van der Waals surface area (Å²) in [6.07, 6.45) is 1.75. The minimum atomic E-state index is 0.388. The van der Waals surface area contributed by atoms with Crippen LogP contribution in [0.3, 0.4) is 0 Å². The molecule has 1 aliphatic rings. The summed E-state index contributed by atoms with van der Waals surface area (Å²) in [5.74, 6) is 0.737. The summed E-state index contributed by atoms with van der Waals surface area (Å²) in [5, 5.41) is 0. The lowest BCUT2D eigenvalue weighted by atomic mass is 10.1. The molecular weight excluding hydrogens is 268 g/mol. The summed E-state index contributed by atoms with van der Waals surface area (Å²) in [6, 6.07) is 4.02. The zero-order chi connectivity index (χ0) is 14.5. The molecule has 0 aliphatic carbocycles. The summed E-state index contributed by atoms with van der Waals surface area (Å²) in [7, 11) is 0. The molecule has 1 saturated heterocycles. The first-order valence-corrected chi connectivity index (χ1v) is 7.65. The average molecular weight is 292 g/mol. The number of hydrogen-bond acceptors (Lipinski definition) is 4. The molecule has 0 atom stereocenters. The Hall–Kier alpha value is -1.04. The van der Waals surface area contributed by atoms with E-state index in [2.05, 4.69) is 34.7 Å². The van der Waals surface area contributed by atoms with Crippen LogP contribution in [0, 0.1) is 5.92 Å². The van der Waals surface area contributed by atoms with E-state index in [1.165, 1.54) is 6.54 Å². The predicted octanol–water partition coefficient (Wildman–Crippen LogP) is 1.49. The fraction of sp³-hybridized carbons (Fsp3) is 0.600. The third-order valence-corrected chi connectivity index (χ3v) is 3.80. The van der Waals surface area contributed by atoms with E-state index in [0.717, 1.165) is 49.9 Å². The molecule has 4 nitrogen and oxygen atoms in total. The number of nitrogens with zero attached hydrogens (tertiary/aromatic N) is 3. The highest BCUT2D eigenvalue weighted by molar-refractivity contribution is 7.80. The maximum Gasteiger partial charge on any atom is 0.123 e. The van der Waals surface area contributed by atoms with Gasteiger partial charge in [0.2, 0.25) is 0 Å². The molecule has 0 radical (unpaired) electrons. The molecule has 1 fully saturated rings. The molecule has 0 aromatic carbocycles. The van der Waals surface area contributed by atoms with Gasteiger partial charge in [0.15, 0.2) is 0 Å². The molecule has 1 aromatic heterocycles. The summed E-state index contributed by atoms with van der Waals surface area (Å²) in [4.78, 5) is 9.68. The smallest absolute Gasteiger partial charge is 0.123 e. The van der Waals surface area contributed by atoms with Crippen molar-refractivity contribution in [2.75, 3.05) is 32.7 Å². The Labute approximate surface area is 127 Å². The molecule has 2 N–H and O–H groups in total. The van der Waals surface area contributed by atoms with Crippen LogP contribution in [0.1, 0.15) is 25.1 Å². The lowest BCUT2D eigenvalue weighted by Crippen LogP contribution is -2.47. The van der Waals surface area contributed by atoms with Crippen molar-refractivity contribution >= 4 is 17.2 Å². The number of piperazine rings is 1. The zero-order valence-electron chi connectivity index (χ0n) is 12.4. The molecule has 2 heterocycles. The van der Waals surface area contributed by atoms with Crippen molar-refractivity contribution < 1.29 is 0 Å². The predicted molar refractivity (Wildman–Crippen MR) is 86.7 cm³/mol. The zero-order valence-corrected chi connectivity index (χ0v) is 13.2. The maximum absolute atomic E-state index is 5.74. The molecule has 0 bridgehead atoms. The van der Waals surface area contributed by atoms with Crippen LogP contribution in [0.15, 0.2) is 18.3 Å². The van der Waals surface area contributed by atoms with Crippen LogP contribution in [-0.2, 0) is 6.54 Å². The highest BCUT2D eigenvalue weighted by atomic mass is 32.1. The number of pyridine rings is 1. The van der Waals surface area contributed by atoms with Gasteiger partial charge in [0.25, 0.3) is 0 Å². The first kappa shape index (κ1) is 15.4. The molecule has 0 saturated carbocycles. The van der Waals surface area contributed by atoms with E-state index in [0.29, 0.717) is 4.99 Å². The third kappa shape index (κ3) is 4.23. The fourth-order valence-corrected chi connectivity index (χ4v) is 2.86. The molecule has 0 unspecified atom stereocenters. The van der Waals surface area contributed by atoms with Gasteiger partial charge < -0.3 is 10.6 Å². The minimum Gasteiger partial charge on any atom is -0.388 e. The standard InChI is InChI=1S/C15H24N4S/c1-12(2)10-18-6-8-19(9-7-18)11-13-4-3-5-17-14(13)15(16)20/h3-5,12H,6-11H2,1-2H3,(H2,16,20). The highest BCUT2D eigenvalue weighted by Crippen LogP contribution is 2.12. The van der Waals surface area contributed by atoms with Gasteiger partial charge in [-0.05, 0) is 17.5 Å². The Morgan fingerprint density at radius 3 is 2.55 bits per heavy atom. The average Bonchev–Trinajstić information content (AvgIpc) is 2.41. The Morgan fingerprint density at radius 1 is 1.30 bits per heavy atom. The van der Waals surface area contributed by atoms with Crippen LogP contribution < -0.4 is 5.73 Å². The Morgan fingerprint density at radius 2 is 1.95 bits per heavy atom. The van der Waals surface area contributed by atoms with Crippen LogP contribution in [-0.4, -0.2) is 52.5 Å². The molecule has 0 amide bonds. The molecule has 1 aliphatic heterocycles. The van der Waals surface area contributed by atoms with E-state index < -0.39 is 0 Å². The second-order valence-corrected chi connectivity index (χ2v) is 6.29. The van der Waals surface area contributed by atoms with Gasteiger partial charge in [0.05, 0.1) is 0 Å². The maximum atomic E-state index is 5.74. The van der Waals surface area contributed by atoms with E-state index in [-0.39, 0.29) is 0 Å². The van der Waals surface area contributed by atoms with Crippen molar-refractivity contribution in [3.8, 4) is 0 Å². The number of thiocarbonyl (C=S) groups is 1. The van der Waals surface area contributed by atoms with Crippen molar-refractivity contribution in [3.05, 3.63) is 29.6 Å². The molecular formula is C15H24N4S. The van der Waals surface area contributed by atoms with Gasteiger partial charge in [-0.2, -0.15) is 0 Å². The van der Waals surface area contributed by atoms with Gasteiger partial charge in [-0.3, -0.25) is 9.88 Å². The first-order valence-electron chi connectivity index (χ1n) is 7.24. The van der Waals surface area contributed by atoms with Gasteiger partial charge >= 0.3 is 0 Å². The Bertz CT molecular complexity index is 453. The number of rotatable bonds is 5. The monoisotopic (exact) mass is 292 g/mol. The second-order valence-electron chi connectivity index (χ2n) is 5.85. The molecule has 5 heteroatoms. The third-order valence-electron chi connectivity index (χ3n) is 3.61. The van der Waals surface area contributed by atoms with Crippen molar-refractivity contribution in [2.45, 2.75) is 20.4 Å². The van der Waals surface area contributed by atoms with Crippen molar-refractivity contribution in [3.63, 3.8) is 0 Å². The van der Waals surface area contributed by atoms with Gasteiger partial charge in [-0.1, -0.05) is 32.1 Å². The summed E-state index contributed by atoms with van der Waals surface area (Å²) in [6.45, 7) is 11.1. The molecule has 2 rings (SSSR count). The Balaban J connectivity index is 1.91. The number of hydrogen-bond donors (Lipinski definition) is 1. The van der Waals surface area contributed by atoms with E-state index in [1.807, 2.05) is 6.07 Å². The van der Waals surface area contributed by atoms with Gasteiger partial charge in [0.1, 0.15) is 10.7 Å². The number of aromatic nitrogens is 1. The SMILES string of the molecule is CC(C)CN1CCN(Cc2cccnc2C(N)=S)CC1. The first-order chi connectivity index (χ1) is 9.56. The topological polar surface area (TPSA) is 45.4 Å². The number of nitrogens with two attached hydrogens (primary N) is 1. The minimum absolute atomic E-state index is 0.388. The summed E-state index contributed by atoms with van der Waals surface area (Å²) < 4.78 is 0. The lowest BCUT2D eigenvalue weighted by Gasteiger charge is -2.35. The quantitative estimate of drug-likeness (QED) is 0.833. The largest absolute Gasteiger partial charge is 0.388 e. The van der Waals surface area contributed by atoms with Crippen molar-refractivity contribution in [1.82, 2.24) is 14.8 Å². The van der Waals surface area contributed by atoms with E-state index in [1.54, 1.807) is 6.20 Å². The molecule has 110 valence electrons.